The predicted molar refractivity (Wildman–Crippen MR) is 61.6 cm³/mol. The van der Waals surface area contributed by atoms with Gasteiger partial charge >= 0.3 is 10.1 Å². The van der Waals surface area contributed by atoms with Crippen molar-refractivity contribution in [2.24, 2.45) is 0 Å². The van der Waals surface area contributed by atoms with Gasteiger partial charge in [-0.05, 0) is 18.2 Å². The molecule has 0 spiro atoms. The second-order valence-electron chi connectivity index (χ2n) is 3.10. The Morgan fingerprint density at radius 2 is 2.12 bits per heavy atom. The molecule has 0 atom stereocenters. The third kappa shape index (κ3) is 4.17. The lowest BCUT2D eigenvalue weighted by Gasteiger charge is -2.09. The Balaban J connectivity index is 3.11. The summed E-state index contributed by atoms with van der Waals surface area (Å²) < 4.78 is 31.8. The number of ether oxygens (including phenoxy) is 1. The number of terminal acetylenes is 1. The van der Waals surface area contributed by atoms with Crippen molar-refractivity contribution in [2.75, 3.05) is 12.9 Å². The molecule has 0 radical (unpaired) electrons. The molecule has 0 aliphatic rings. The van der Waals surface area contributed by atoms with E-state index >= 15 is 0 Å². The van der Waals surface area contributed by atoms with Crippen LogP contribution in [-0.2, 0) is 10.1 Å². The van der Waals surface area contributed by atoms with Crippen LogP contribution in [0, 0.1) is 12.3 Å². The predicted octanol–water partition coefficient (Wildman–Crippen LogP) is 0.850. The van der Waals surface area contributed by atoms with E-state index in [1.54, 1.807) is 0 Å². The quantitative estimate of drug-likeness (QED) is 0.442. The minimum absolute atomic E-state index is 0.00616. The van der Waals surface area contributed by atoms with Crippen LogP contribution < -0.4 is 8.92 Å². The van der Waals surface area contributed by atoms with Gasteiger partial charge in [0, 0.05) is 5.56 Å². The molecule has 0 saturated carbocycles. The molecular weight excluding hydrogens is 244 g/mol. The number of hydrogen-bond donors (Lipinski definition) is 0. The van der Waals surface area contributed by atoms with Crippen molar-refractivity contribution in [1.29, 1.82) is 0 Å². The summed E-state index contributed by atoms with van der Waals surface area (Å²) in [4.78, 5) is 10.6. The van der Waals surface area contributed by atoms with Crippen LogP contribution in [0.1, 0.15) is 10.4 Å². The number of hydrogen-bond acceptors (Lipinski definition) is 5. The highest BCUT2D eigenvalue weighted by atomic mass is 32.2. The minimum Gasteiger partial charge on any atom is -0.477 e. The SMILES string of the molecule is C#CCOc1cc(C=O)ccc1OS(C)(=O)=O. The number of carbonyl (C=O) groups is 1. The summed E-state index contributed by atoms with van der Waals surface area (Å²) in [6.45, 7) is -0.0531. The Morgan fingerprint density at radius 3 is 2.65 bits per heavy atom. The third-order valence-corrected chi connectivity index (χ3v) is 2.14. The molecule has 0 N–H and O–H groups in total. The van der Waals surface area contributed by atoms with Crippen molar-refractivity contribution < 1.29 is 22.1 Å². The fourth-order valence-electron chi connectivity index (χ4n) is 1.06. The molecule has 1 aromatic carbocycles. The van der Waals surface area contributed by atoms with E-state index < -0.39 is 10.1 Å². The van der Waals surface area contributed by atoms with Crippen LogP contribution in [0.25, 0.3) is 0 Å². The van der Waals surface area contributed by atoms with Crippen molar-refractivity contribution in [3.05, 3.63) is 23.8 Å². The number of aldehydes is 1. The molecule has 0 heterocycles. The first kappa shape index (κ1) is 13.1. The van der Waals surface area contributed by atoms with Gasteiger partial charge in [0.15, 0.2) is 11.5 Å². The third-order valence-electron chi connectivity index (χ3n) is 1.66. The number of carbonyl (C=O) groups excluding carboxylic acids is 1. The highest BCUT2D eigenvalue weighted by Crippen LogP contribution is 2.28. The van der Waals surface area contributed by atoms with E-state index in [1.807, 2.05) is 0 Å². The molecule has 17 heavy (non-hydrogen) atoms. The normalized spacial score (nSPS) is 10.4. The van der Waals surface area contributed by atoms with Crippen molar-refractivity contribution in [1.82, 2.24) is 0 Å². The maximum atomic E-state index is 11.0. The Labute approximate surface area is 99.5 Å². The van der Waals surface area contributed by atoms with E-state index in [4.69, 9.17) is 15.3 Å². The average molecular weight is 254 g/mol. The maximum Gasteiger partial charge on any atom is 0.306 e. The zero-order chi connectivity index (χ0) is 12.9. The molecule has 0 aromatic heterocycles. The molecule has 0 amide bonds. The molecule has 0 unspecified atom stereocenters. The van der Waals surface area contributed by atoms with Crippen molar-refractivity contribution >= 4 is 16.4 Å². The summed E-state index contributed by atoms with van der Waals surface area (Å²) in [5.41, 5.74) is 0.331. The van der Waals surface area contributed by atoms with Gasteiger partial charge in [0.25, 0.3) is 0 Å². The zero-order valence-electron chi connectivity index (χ0n) is 9.04. The Morgan fingerprint density at radius 1 is 1.41 bits per heavy atom. The lowest BCUT2D eigenvalue weighted by atomic mass is 10.2. The average Bonchev–Trinajstić information content (AvgIpc) is 2.26. The largest absolute Gasteiger partial charge is 0.477 e. The molecule has 90 valence electrons. The lowest BCUT2D eigenvalue weighted by molar-refractivity contribution is 0.112. The molecule has 1 rings (SSSR count). The highest BCUT2D eigenvalue weighted by molar-refractivity contribution is 7.86. The van der Waals surface area contributed by atoms with Gasteiger partial charge in [0.1, 0.15) is 12.9 Å². The van der Waals surface area contributed by atoms with Gasteiger partial charge in [0.2, 0.25) is 0 Å². The summed E-state index contributed by atoms with van der Waals surface area (Å²) in [5, 5.41) is 0. The van der Waals surface area contributed by atoms with Crippen molar-refractivity contribution in [3.63, 3.8) is 0 Å². The van der Waals surface area contributed by atoms with Crippen LogP contribution >= 0.6 is 0 Å². The summed E-state index contributed by atoms with van der Waals surface area (Å²) in [6.07, 6.45) is 6.53. The fraction of sp³-hybridized carbons (Fsp3) is 0.182. The number of rotatable bonds is 5. The van der Waals surface area contributed by atoms with Crippen LogP contribution in [0.4, 0.5) is 0 Å². The van der Waals surface area contributed by atoms with E-state index in [0.29, 0.717) is 11.8 Å². The first-order chi connectivity index (χ1) is 7.96. The summed E-state index contributed by atoms with van der Waals surface area (Å²) in [5.74, 6) is 2.33. The first-order valence-corrected chi connectivity index (χ1v) is 6.33. The van der Waals surface area contributed by atoms with E-state index in [2.05, 4.69) is 5.92 Å². The summed E-state index contributed by atoms with van der Waals surface area (Å²) >= 11 is 0. The lowest BCUT2D eigenvalue weighted by Crippen LogP contribution is -2.07. The molecule has 1 aromatic rings. The minimum atomic E-state index is -3.66. The van der Waals surface area contributed by atoms with Gasteiger partial charge in [0.05, 0.1) is 6.26 Å². The monoisotopic (exact) mass is 254 g/mol. The van der Waals surface area contributed by atoms with Crippen molar-refractivity contribution in [3.8, 4) is 23.8 Å². The molecule has 0 aliphatic carbocycles. The van der Waals surface area contributed by atoms with E-state index in [1.165, 1.54) is 18.2 Å². The first-order valence-electron chi connectivity index (χ1n) is 4.51. The van der Waals surface area contributed by atoms with Crippen LogP contribution in [0.5, 0.6) is 11.5 Å². The zero-order valence-corrected chi connectivity index (χ0v) is 9.86. The standard InChI is InChI=1S/C11H10O5S/c1-3-6-15-11-7-9(8-12)4-5-10(11)16-17(2,13)14/h1,4-5,7-8H,6H2,2H3. The van der Waals surface area contributed by atoms with Crippen LogP contribution in [-0.4, -0.2) is 27.6 Å². The van der Waals surface area contributed by atoms with Gasteiger partial charge in [-0.3, -0.25) is 4.79 Å². The van der Waals surface area contributed by atoms with E-state index in [-0.39, 0.29) is 18.1 Å². The van der Waals surface area contributed by atoms with Crippen LogP contribution in [0.15, 0.2) is 18.2 Å². The molecule has 0 aliphatic heterocycles. The summed E-state index contributed by atoms with van der Waals surface area (Å²) in [7, 11) is -3.66. The topological polar surface area (TPSA) is 69.7 Å². The highest BCUT2D eigenvalue weighted by Gasteiger charge is 2.11. The number of benzene rings is 1. The van der Waals surface area contributed by atoms with Crippen molar-refractivity contribution in [2.45, 2.75) is 0 Å². The molecule has 5 nitrogen and oxygen atoms in total. The molecular formula is C11H10O5S. The van der Waals surface area contributed by atoms with Gasteiger partial charge < -0.3 is 8.92 Å². The molecule has 0 bridgehead atoms. The maximum absolute atomic E-state index is 11.0. The van der Waals surface area contributed by atoms with E-state index in [0.717, 1.165) is 6.26 Å². The van der Waals surface area contributed by atoms with Crippen LogP contribution in [0.3, 0.4) is 0 Å². The Hall–Kier alpha value is -2.00. The summed E-state index contributed by atoms with van der Waals surface area (Å²) in [6, 6.07) is 4.09. The molecule has 0 saturated heterocycles. The van der Waals surface area contributed by atoms with Gasteiger partial charge in [-0.15, -0.1) is 6.42 Å². The van der Waals surface area contributed by atoms with Crippen LogP contribution in [0.2, 0.25) is 0 Å². The Bertz CT molecular complexity index is 554. The Kier molecular flexibility index (Phi) is 4.12. The van der Waals surface area contributed by atoms with Gasteiger partial charge in [-0.2, -0.15) is 8.42 Å². The second kappa shape index (κ2) is 5.37. The van der Waals surface area contributed by atoms with E-state index in [9.17, 15) is 13.2 Å². The second-order valence-corrected chi connectivity index (χ2v) is 4.68. The molecule has 0 fully saturated rings. The van der Waals surface area contributed by atoms with Gasteiger partial charge in [-0.1, -0.05) is 5.92 Å². The molecule has 6 heteroatoms. The smallest absolute Gasteiger partial charge is 0.306 e. The van der Waals surface area contributed by atoms with Gasteiger partial charge in [-0.25, -0.2) is 0 Å². The fourth-order valence-corrected chi connectivity index (χ4v) is 1.53.